The van der Waals surface area contributed by atoms with Crippen LogP contribution in [0.3, 0.4) is 0 Å². The predicted octanol–water partition coefficient (Wildman–Crippen LogP) is 5.21. The van der Waals surface area contributed by atoms with Crippen molar-refractivity contribution in [2.75, 3.05) is 13.1 Å². The average molecular weight is 456 g/mol. The maximum Gasteiger partial charge on any atom is 0.253 e. The van der Waals surface area contributed by atoms with Gasteiger partial charge in [-0.15, -0.1) is 0 Å². The number of likely N-dealkylation sites (tertiary alicyclic amines) is 1. The number of pyridine rings is 1. The van der Waals surface area contributed by atoms with Gasteiger partial charge in [0.05, 0.1) is 5.69 Å². The standard InChI is InChI=1S/C28H29N3O3/c1-20-7-5-8-21(2)27(20)34-24-12-15-30(16-13-24)28(32)22-9-6-10-25(17-22)33-19-23-18-31-14-4-3-11-26(31)29-23/h3-11,14,17-18,24H,12-13,15-16,19H2,1-2H3. The largest absolute Gasteiger partial charge is 0.490 e. The molecule has 174 valence electrons. The second-order valence-electron chi connectivity index (χ2n) is 8.85. The van der Waals surface area contributed by atoms with Crippen LogP contribution in [-0.4, -0.2) is 39.4 Å². The molecule has 0 unspecified atom stereocenters. The van der Waals surface area contributed by atoms with Crippen LogP contribution in [0.25, 0.3) is 5.65 Å². The quantitative estimate of drug-likeness (QED) is 0.400. The van der Waals surface area contributed by atoms with Crippen molar-refractivity contribution < 1.29 is 14.3 Å². The number of piperidine rings is 1. The first-order valence-electron chi connectivity index (χ1n) is 11.7. The number of aromatic nitrogens is 2. The van der Waals surface area contributed by atoms with Gasteiger partial charge >= 0.3 is 0 Å². The molecule has 3 heterocycles. The molecule has 5 rings (SSSR count). The Bertz CT molecular complexity index is 1250. The number of carbonyl (C=O) groups is 1. The summed E-state index contributed by atoms with van der Waals surface area (Å²) in [7, 11) is 0. The first-order valence-corrected chi connectivity index (χ1v) is 11.7. The van der Waals surface area contributed by atoms with Crippen molar-refractivity contribution in [1.29, 1.82) is 0 Å². The van der Waals surface area contributed by atoms with Crippen LogP contribution in [0.1, 0.15) is 40.0 Å². The van der Waals surface area contributed by atoms with Crippen molar-refractivity contribution >= 4 is 11.6 Å². The Morgan fingerprint density at radius 1 is 1.00 bits per heavy atom. The van der Waals surface area contributed by atoms with Crippen LogP contribution >= 0.6 is 0 Å². The third-order valence-electron chi connectivity index (χ3n) is 6.30. The van der Waals surface area contributed by atoms with Gasteiger partial charge in [0.1, 0.15) is 29.9 Å². The Hall–Kier alpha value is -3.80. The minimum atomic E-state index is 0.0312. The van der Waals surface area contributed by atoms with E-state index in [1.165, 1.54) is 0 Å². The summed E-state index contributed by atoms with van der Waals surface area (Å²) in [6.45, 7) is 5.86. The number of rotatable bonds is 6. The topological polar surface area (TPSA) is 56.1 Å². The highest BCUT2D eigenvalue weighted by atomic mass is 16.5. The Morgan fingerprint density at radius 2 is 1.76 bits per heavy atom. The number of nitrogens with zero attached hydrogens (tertiary/aromatic N) is 3. The van der Waals surface area contributed by atoms with Crippen molar-refractivity contribution in [3.63, 3.8) is 0 Å². The molecule has 34 heavy (non-hydrogen) atoms. The minimum Gasteiger partial charge on any atom is -0.490 e. The minimum absolute atomic E-state index is 0.0312. The number of carbonyl (C=O) groups excluding carboxylic acids is 1. The molecule has 2 aromatic carbocycles. The monoisotopic (exact) mass is 455 g/mol. The number of para-hydroxylation sites is 1. The van der Waals surface area contributed by atoms with Gasteiger partial charge in [-0.3, -0.25) is 4.79 Å². The Balaban J connectivity index is 1.18. The molecular weight excluding hydrogens is 426 g/mol. The lowest BCUT2D eigenvalue weighted by Crippen LogP contribution is -2.41. The number of benzene rings is 2. The van der Waals surface area contributed by atoms with Gasteiger partial charge < -0.3 is 18.8 Å². The number of aryl methyl sites for hydroxylation is 2. The molecule has 1 aliphatic heterocycles. The zero-order valence-electron chi connectivity index (χ0n) is 19.6. The highest BCUT2D eigenvalue weighted by Gasteiger charge is 2.25. The van der Waals surface area contributed by atoms with E-state index in [4.69, 9.17) is 9.47 Å². The van der Waals surface area contributed by atoms with E-state index >= 15 is 0 Å². The first-order chi connectivity index (χ1) is 16.6. The van der Waals surface area contributed by atoms with Gasteiger partial charge in [-0.1, -0.05) is 30.3 Å². The number of amides is 1. The molecule has 0 radical (unpaired) electrons. The number of hydrogen-bond donors (Lipinski definition) is 0. The van der Waals surface area contributed by atoms with Crippen LogP contribution in [0.2, 0.25) is 0 Å². The van der Waals surface area contributed by atoms with Crippen molar-refractivity contribution in [1.82, 2.24) is 14.3 Å². The lowest BCUT2D eigenvalue weighted by molar-refractivity contribution is 0.0592. The van der Waals surface area contributed by atoms with Crippen molar-refractivity contribution in [3.05, 3.63) is 95.4 Å². The highest BCUT2D eigenvalue weighted by molar-refractivity contribution is 5.94. The number of imidazole rings is 1. The third-order valence-corrected chi connectivity index (χ3v) is 6.30. The van der Waals surface area contributed by atoms with Gasteiger partial charge in [-0.25, -0.2) is 4.98 Å². The van der Waals surface area contributed by atoms with E-state index in [9.17, 15) is 4.79 Å². The fraction of sp³-hybridized carbons (Fsp3) is 0.286. The summed E-state index contributed by atoms with van der Waals surface area (Å²) in [4.78, 5) is 19.6. The van der Waals surface area contributed by atoms with Crippen molar-refractivity contribution in [2.45, 2.75) is 39.4 Å². The van der Waals surface area contributed by atoms with Gasteiger partial charge in [0.2, 0.25) is 0 Å². The number of fused-ring (bicyclic) bond motifs is 1. The lowest BCUT2D eigenvalue weighted by atomic mass is 10.1. The lowest BCUT2D eigenvalue weighted by Gasteiger charge is -2.33. The van der Waals surface area contributed by atoms with Crippen LogP contribution in [0.4, 0.5) is 0 Å². The van der Waals surface area contributed by atoms with Crippen LogP contribution in [-0.2, 0) is 6.61 Å². The fourth-order valence-corrected chi connectivity index (χ4v) is 4.44. The van der Waals surface area contributed by atoms with Crippen LogP contribution in [0.15, 0.2) is 73.1 Å². The molecular formula is C28H29N3O3. The SMILES string of the molecule is Cc1cccc(C)c1OC1CCN(C(=O)c2cccc(OCc3cn4ccccc4n3)c2)CC1. The first kappa shape index (κ1) is 22.0. The highest BCUT2D eigenvalue weighted by Crippen LogP contribution is 2.27. The average Bonchev–Trinajstić information content (AvgIpc) is 3.28. The zero-order chi connectivity index (χ0) is 23.5. The molecule has 0 spiro atoms. The summed E-state index contributed by atoms with van der Waals surface area (Å²) in [6, 6.07) is 19.5. The molecule has 0 bridgehead atoms. The molecule has 0 aliphatic carbocycles. The van der Waals surface area contributed by atoms with E-state index in [1.807, 2.05) is 70.2 Å². The summed E-state index contributed by atoms with van der Waals surface area (Å²) in [5.41, 5.74) is 4.67. The van der Waals surface area contributed by atoms with Gasteiger partial charge in [-0.2, -0.15) is 0 Å². The van der Waals surface area contributed by atoms with E-state index in [-0.39, 0.29) is 12.0 Å². The Morgan fingerprint density at radius 3 is 2.53 bits per heavy atom. The summed E-state index contributed by atoms with van der Waals surface area (Å²) < 4.78 is 14.2. The van der Waals surface area contributed by atoms with Gasteiger partial charge in [-0.05, 0) is 55.3 Å². The molecule has 0 saturated carbocycles. The number of ether oxygens (including phenoxy) is 2. The summed E-state index contributed by atoms with van der Waals surface area (Å²) in [5.74, 6) is 1.67. The molecule has 6 nitrogen and oxygen atoms in total. The van der Waals surface area contributed by atoms with Gasteiger partial charge in [0.15, 0.2) is 0 Å². The van der Waals surface area contributed by atoms with Crippen molar-refractivity contribution in [2.24, 2.45) is 0 Å². The van der Waals surface area contributed by atoms with Crippen LogP contribution in [0, 0.1) is 13.8 Å². The Kier molecular flexibility index (Phi) is 6.21. The molecule has 1 fully saturated rings. The summed E-state index contributed by atoms with van der Waals surface area (Å²) >= 11 is 0. The van der Waals surface area contributed by atoms with Crippen LogP contribution in [0.5, 0.6) is 11.5 Å². The number of hydrogen-bond acceptors (Lipinski definition) is 4. The second-order valence-corrected chi connectivity index (χ2v) is 8.85. The maximum absolute atomic E-state index is 13.1. The van der Waals surface area contributed by atoms with E-state index < -0.39 is 0 Å². The van der Waals surface area contributed by atoms with E-state index in [2.05, 4.69) is 31.0 Å². The molecule has 2 aromatic heterocycles. The fourth-order valence-electron chi connectivity index (χ4n) is 4.44. The third kappa shape index (κ3) is 4.76. The second kappa shape index (κ2) is 9.59. The van der Waals surface area contributed by atoms with E-state index in [1.54, 1.807) is 0 Å². The smallest absolute Gasteiger partial charge is 0.253 e. The van der Waals surface area contributed by atoms with E-state index in [0.717, 1.165) is 41.1 Å². The molecule has 6 heteroatoms. The normalized spacial score (nSPS) is 14.4. The predicted molar refractivity (Wildman–Crippen MR) is 131 cm³/mol. The van der Waals surface area contributed by atoms with Gasteiger partial charge in [0, 0.05) is 43.9 Å². The summed E-state index contributed by atoms with van der Waals surface area (Å²) in [6.07, 6.45) is 5.69. The maximum atomic E-state index is 13.1. The Labute approximate surface area is 199 Å². The molecule has 1 aliphatic rings. The molecule has 1 amide bonds. The molecule has 1 saturated heterocycles. The van der Waals surface area contributed by atoms with Crippen LogP contribution < -0.4 is 9.47 Å². The molecule has 0 atom stereocenters. The summed E-state index contributed by atoms with van der Waals surface area (Å²) in [5, 5.41) is 0. The van der Waals surface area contributed by atoms with Gasteiger partial charge in [0.25, 0.3) is 5.91 Å². The van der Waals surface area contributed by atoms with E-state index in [0.29, 0.717) is 31.0 Å². The van der Waals surface area contributed by atoms with Crippen molar-refractivity contribution in [3.8, 4) is 11.5 Å². The zero-order valence-corrected chi connectivity index (χ0v) is 19.6. The molecule has 0 N–H and O–H groups in total. The molecule has 4 aromatic rings.